The van der Waals surface area contributed by atoms with E-state index in [-0.39, 0.29) is 17.9 Å². The molecule has 1 saturated heterocycles. The summed E-state index contributed by atoms with van der Waals surface area (Å²) in [6.45, 7) is 5.52. The topological polar surface area (TPSA) is 87.7 Å². The molecule has 3 atom stereocenters. The fourth-order valence-corrected chi connectivity index (χ4v) is 2.00. The highest BCUT2D eigenvalue weighted by Gasteiger charge is 2.22. The third-order valence-electron chi connectivity index (χ3n) is 3.30. The van der Waals surface area contributed by atoms with Crippen molar-refractivity contribution in [2.75, 3.05) is 19.7 Å². The smallest absolute Gasteiger partial charge is 0.306 e. The normalized spacial score (nSPS) is 22.5. The summed E-state index contributed by atoms with van der Waals surface area (Å²) in [5.41, 5.74) is 0. The van der Waals surface area contributed by atoms with E-state index in [1.165, 1.54) is 0 Å². The highest BCUT2D eigenvalue weighted by molar-refractivity contribution is 5.81. The Morgan fingerprint density at radius 1 is 1.42 bits per heavy atom. The van der Waals surface area contributed by atoms with Crippen molar-refractivity contribution in [2.45, 2.75) is 45.3 Å². The van der Waals surface area contributed by atoms with Crippen LogP contribution >= 0.6 is 0 Å². The van der Waals surface area contributed by atoms with E-state index in [9.17, 15) is 9.59 Å². The molecule has 0 spiro atoms. The number of carboxylic acid groups (broad SMARTS) is 1. The quantitative estimate of drug-likeness (QED) is 0.623. The Hall–Kier alpha value is -1.14. The van der Waals surface area contributed by atoms with Gasteiger partial charge in [-0.2, -0.15) is 0 Å². The lowest BCUT2D eigenvalue weighted by atomic mass is 10.0. The summed E-state index contributed by atoms with van der Waals surface area (Å²) >= 11 is 0. The predicted octanol–water partition coefficient (Wildman–Crippen LogP) is 0.371. The molecular formula is C13H24N2O4. The number of carboxylic acids is 1. The van der Waals surface area contributed by atoms with Crippen molar-refractivity contribution in [3.8, 4) is 0 Å². The number of carbonyl (C=O) groups is 2. The molecule has 0 aliphatic carbocycles. The first kappa shape index (κ1) is 15.9. The van der Waals surface area contributed by atoms with Crippen molar-refractivity contribution >= 4 is 11.9 Å². The number of hydrogen-bond acceptors (Lipinski definition) is 4. The minimum atomic E-state index is -0.765. The van der Waals surface area contributed by atoms with Gasteiger partial charge in [-0.1, -0.05) is 13.3 Å². The maximum Gasteiger partial charge on any atom is 0.306 e. The van der Waals surface area contributed by atoms with Crippen LogP contribution in [0.3, 0.4) is 0 Å². The second kappa shape index (κ2) is 8.12. The van der Waals surface area contributed by atoms with Crippen molar-refractivity contribution in [1.29, 1.82) is 0 Å². The van der Waals surface area contributed by atoms with Crippen LogP contribution in [0.15, 0.2) is 0 Å². The highest BCUT2D eigenvalue weighted by atomic mass is 16.5. The number of rotatable bonds is 7. The maximum atomic E-state index is 11.8. The lowest BCUT2D eigenvalue weighted by Gasteiger charge is -2.24. The van der Waals surface area contributed by atoms with Gasteiger partial charge >= 0.3 is 5.97 Å². The average molecular weight is 272 g/mol. The molecule has 6 heteroatoms. The summed E-state index contributed by atoms with van der Waals surface area (Å²) in [6.07, 6.45) is 1.80. The van der Waals surface area contributed by atoms with Gasteiger partial charge in [0, 0.05) is 19.1 Å². The van der Waals surface area contributed by atoms with Crippen LogP contribution < -0.4 is 10.6 Å². The largest absolute Gasteiger partial charge is 0.481 e. The van der Waals surface area contributed by atoms with Crippen LogP contribution in [-0.2, 0) is 14.3 Å². The Balaban J connectivity index is 2.17. The molecule has 1 amide bonds. The first-order valence-electron chi connectivity index (χ1n) is 6.86. The van der Waals surface area contributed by atoms with E-state index in [4.69, 9.17) is 9.84 Å². The van der Waals surface area contributed by atoms with Crippen molar-refractivity contribution in [3.63, 3.8) is 0 Å². The van der Waals surface area contributed by atoms with Gasteiger partial charge in [0.25, 0.3) is 5.91 Å². The monoisotopic (exact) mass is 272 g/mol. The summed E-state index contributed by atoms with van der Waals surface area (Å²) < 4.78 is 5.36. The first-order valence-corrected chi connectivity index (χ1v) is 6.86. The van der Waals surface area contributed by atoms with Crippen LogP contribution in [0.4, 0.5) is 0 Å². The number of carbonyl (C=O) groups excluding carboxylic acids is 1. The maximum absolute atomic E-state index is 11.8. The second-order valence-electron chi connectivity index (χ2n) is 5.14. The summed E-state index contributed by atoms with van der Waals surface area (Å²) in [4.78, 5) is 22.5. The van der Waals surface area contributed by atoms with E-state index >= 15 is 0 Å². The van der Waals surface area contributed by atoms with E-state index in [0.29, 0.717) is 19.6 Å². The standard InChI is InChI=1S/C13H24N2O4/c1-9(13(17)18)4-3-5-10(2)15-12(16)11-8-14-6-7-19-11/h9-11,14H,3-8H2,1-2H3,(H,15,16)(H,17,18). The number of amides is 1. The Morgan fingerprint density at radius 2 is 2.16 bits per heavy atom. The van der Waals surface area contributed by atoms with Crippen LogP contribution in [-0.4, -0.2) is 48.8 Å². The Labute approximate surface area is 113 Å². The average Bonchev–Trinajstić information content (AvgIpc) is 2.39. The van der Waals surface area contributed by atoms with Crippen molar-refractivity contribution < 1.29 is 19.4 Å². The lowest BCUT2D eigenvalue weighted by Crippen LogP contribution is -2.49. The summed E-state index contributed by atoms with van der Waals surface area (Å²) in [6, 6.07) is 0.0408. The molecule has 0 radical (unpaired) electrons. The molecule has 1 heterocycles. The van der Waals surface area contributed by atoms with Gasteiger partial charge in [-0.05, 0) is 19.8 Å². The molecule has 3 N–H and O–H groups in total. The fraction of sp³-hybridized carbons (Fsp3) is 0.846. The van der Waals surface area contributed by atoms with E-state index in [1.807, 2.05) is 6.92 Å². The summed E-state index contributed by atoms with van der Waals surface area (Å²) in [5.74, 6) is -1.18. The number of nitrogens with one attached hydrogen (secondary N) is 2. The Kier molecular flexibility index (Phi) is 6.80. The van der Waals surface area contributed by atoms with E-state index < -0.39 is 12.1 Å². The number of ether oxygens (including phenoxy) is 1. The molecule has 110 valence electrons. The molecule has 3 unspecified atom stereocenters. The molecule has 0 aromatic carbocycles. The second-order valence-corrected chi connectivity index (χ2v) is 5.14. The van der Waals surface area contributed by atoms with Crippen LogP contribution in [0.25, 0.3) is 0 Å². The molecule has 0 bridgehead atoms. The van der Waals surface area contributed by atoms with E-state index in [2.05, 4.69) is 10.6 Å². The van der Waals surface area contributed by atoms with Gasteiger partial charge in [-0.25, -0.2) is 0 Å². The lowest BCUT2D eigenvalue weighted by molar-refractivity contribution is -0.141. The van der Waals surface area contributed by atoms with Crippen LogP contribution in [0, 0.1) is 5.92 Å². The molecule has 1 aliphatic heterocycles. The third-order valence-corrected chi connectivity index (χ3v) is 3.30. The van der Waals surface area contributed by atoms with Crippen LogP contribution in [0.5, 0.6) is 0 Å². The van der Waals surface area contributed by atoms with E-state index in [0.717, 1.165) is 19.4 Å². The van der Waals surface area contributed by atoms with Gasteiger partial charge in [0.1, 0.15) is 6.10 Å². The van der Waals surface area contributed by atoms with Gasteiger partial charge in [0.05, 0.1) is 12.5 Å². The van der Waals surface area contributed by atoms with Crippen LogP contribution in [0.2, 0.25) is 0 Å². The van der Waals surface area contributed by atoms with Gasteiger partial charge < -0.3 is 20.5 Å². The fourth-order valence-electron chi connectivity index (χ4n) is 2.00. The van der Waals surface area contributed by atoms with Gasteiger partial charge in [-0.15, -0.1) is 0 Å². The van der Waals surface area contributed by atoms with Crippen molar-refractivity contribution in [1.82, 2.24) is 10.6 Å². The minimum absolute atomic E-state index is 0.0408. The minimum Gasteiger partial charge on any atom is -0.481 e. The zero-order chi connectivity index (χ0) is 14.3. The van der Waals surface area contributed by atoms with Gasteiger partial charge in [0.15, 0.2) is 0 Å². The SMILES string of the molecule is CC(CCCC(C)C(=O)O)NC(=O)C1CNCCO1. The molecule has 0 aromatic heterocycles. The number of hydrogen-bond donors (Lipinski definition) is 3. The van der Waals surface area contributed by atoms with Gasteiger partial charge in [0.2, 0.25) is 0 Å². The zero-order valence-corrected chi connectivity index (χ0v) is 11.6. The summed E-state index contributed by atoms with van der Waals surface area (Å²) in [7, 11) is 0. The van der Waals surface area contributed by atoms with E-state index in [1.54, 1.807) is 6.92 Å². The Morgan fingerprint density at radius 3 is 2.74 bits per heavy atom. The predicted molar refractivity (Wildman–Crippen MR) is 70.9 cm³/mol. The zero-order valence-electron chi connectivity index (χ0n) is 11.6. The molecule has 6 nitrogen and oxygen atoms in total. The summed E-state index contributed by atoms with van der Waals surface area (Å²) in [5, 5.41) is 14.8. The molecule has 1 fully saturated rings. The molecule has 0 aromatic rings. The number of morpholine rings is 1. The highest BCUT2D eigenvalue weighted by Crippen LogP contribution is 2.10. The molecular weight excluding hydrogens is 248 g/mol. The van der Waals surface area contributed by atoms with Gasteiger partial charge in [-0.3, -0.25) is 9.59 Å². The molecule has 1 aliphatic rings. The Bertz CT molecular complexity index is 303. The first-order chi connectivity index (χ1) is 9.00. The molecule has 0 saturated carbocycles. The van der Waals surface area contributed by atoms with Crippen LogP contribution in [0.1, 0.15) is 33.1 Å². The third kappa shape index (κ3) is 6.02. The number of aliphatic carboxylic acids is 1. The molecule has 19 heavy (non-hydrogen) atoms. The van der Waals surface area contributed by atoms with Crippen molar-refractivity contribution in [3.05, 3.63) is 0 Å². The van der Waals surface area contributed by atoms with Crippen molar-refractivity contribution in [2.24, 2.45) is 5.92 Å². The molecule has 1 rings (SSSR count).